The summed E-state index contributed by atoms with van der Waals surface area (Å²) < 4.78 is 33.0. The number of hydrogen-bond acceptors (Lipinski definition) is 8. The van der Waals surface area contributed by atoms with E-state index in [2.05, 4.69) is 25.4 Å². The first-order valence-electron chi connectivity index (χ1n) is 9.88. The highest BCUT2D eigenvalue weighted by molar-refractivity contribution is 7.89. The van der Waals surface area contributed by atoms with Gasteiger partial charge in [0.25, 0.3) is 0 Å². The number of nitrogens with zero attached hydrogens (tertiary/aromatic N) is 5. The van der Waals surface area contributed by atoms with Crippen LogP contribution in [-0.4, -0.2) is 51.8 Å². The van der Waals surface area contributed by atoms with Crippen molar-refractivity contribution in [2.24, 2.45) is 5.92 Å². The molecule has 1 fully saturated rings. The van der Waals surface area contributed by atoms with E-state index in [0.29, 0.717) is 42.6 Å². The summed E-state index contributed by atoms with van der Waals surface area (Å²) in [6.45, 7) is 2.23. The van der Waals surface area contributed by atoms with Crippen molar-refractivity contribution in [3.8, 4) is 11.5 Å². The van der Waals surface area contributed by atoms with Crippen molar-refractivity contribution in [2.75, 3.05) is 18.4 Å². The molecule has 1 unspecified atom stereocenters. The molecule has 4 rings (SSSR count). The Labute approximate surface area is 179 Å². The third-order valence-electron chi connectivity index (χ3n) is 5.02. The normalized spacial score (nSPS) is 17.4. The Bertz CT molecular complexity index is 1150. The molecule has 1 aromatic carbocycles. The number of amides is 1. The van der Waals surface area contributed by atoms with E-state index >= 15 is 0 Å². The van der Waals surface area contributed by atoms with Crippen LogP contribution in [0.3, 0.4) is 0 Å². The second kappa shape index (κ2) is 8.90. The molecule has 0 aliphatic carbocycles. The Morgan fingerprint density at radius 3 is 2.77 bits per heavy atom. The van der Waals surface area contributed by atoms with Gasteiger partial charge in [0.05, 0.1) is 11.1 Å². The summed E-state index contributed by atoms with van der Waals surface area (Å²) in [5, 5.41) is 6.58. The largest absolute Gasteiger partial charge is 0.339 e. The van der Waals surface area contributed by atoms with E-state index in [1.165, 1.54) is 23.4 Å². The molecule has 1 aliphatic heterocycles. The first kappa shape index (κ1) is 21.1. The fourth-order valence-corrected chi connectivity index (χ4v) is 5.13. The zero-order valence-electron chi connectivity index (χ0n) is 16.9. The van der Waals surface area contributed by atoms with Gasteiger partial charge in [-0.05, 0) is 43.0 Å². The number of sulfonamides is 1. The number of carbonyl (C=O) groups excluding carboxylic acids is 1. The molecule has 0 bridgehead atoms. The minimum atomic E-state index is -3.63. The van der Waals surface area contributed by atoms with Crippen molar-refractivity contribution in [3.05, 3.63) is 48.7 Å². The molecular weight excluding hydrogens is 420 g/mol. The summed E-state index contributed by atoms with van der Waals surface area (Å²) in [6, 6.07) is 6.19. The third kappa shape index (κ3) is 4.94. The Balaban J connectivity index is 1.43. The van der Waals surface area contributed by atoms with Crippen LogP contribution in [0.2, 0.25) is 0 Å². The summed E-state index contributed by atoms with van der Waals surface area (Å²) in [5.41, 5.74) is 1.08. The van der Waals surface area contributed by atoms with Gasteiger partial charge in [-0.1, -0.05) is 5.16 Å². The molecule has 0 saturated carbocycles. The molecule has 0 spiro atoms. The highest BCUT2D eigenvalue weighted by Gasteiger charge is 2.31. The number of carbonyl (C=O) groups is 1. The predicted octanol–water partition coefficient (Wildman–Crippen LogP) is 2.13. The summed E-state index contributed by atoms with van der Waals surface area (Å²) in [4.78, 5) is 23.9. The molecule has 1 N–H and O–H groups in total. The number of aromatic nitrogens is 4. The number of piperidine rings is 1. The number of benzene rings is 1. The van der Waals surface area contributed by atoms with Gasteiger partial charge >= 0.3 is 0 Å². The van der Waals surface area contributed by atoms with Crippen molar-refractivity contribution in [2.45, 2.75) is 31.1 Å². The number of hydrogen-bond donors (Lipinski definition) is 1. The van der Waals surface area contributed by atoms with E-state index in [0.717, 1.165) is 12.8 Å². The minimum Gasteiger partial charge on any atom is -0.339 e. The van der Waals surface area contributed by atoms with Crippen molar-refractivity contribution in [1.82, 2.24) is 24.4 Å². The predicted molar refractivity (Wildman–Crippen MR) is 111 cm³/mol. The van der Waals surface area contributed by atoms with E-state index in [9.17, 15) is 13.2 Å². The van der Waals surface area contributed by atoms with Crippen LogP contribution in [0, 0.1) is 5.92 Å². The smallest absolute Gasteiger partial charge is 0.243 e. The first-order valence-corrected chi connectivity index (χ1v) is 11.3. The molecular formula is C20H22N6O4S. The van der Waals surface area contributed by atoms with Gasteiger partial charge in [0.15, 0.2) is 0 Å². The van der Waals surface area contributed by atoms with Gasteiger partial charge in [-0.25, -0.2) is 13.4 Å². The van der Waals surface area contributed by atoms with Gasteiger partial charge < -0.3 is 9.84 Å². The summed E-state index contributed by atoms with van der Waals surface area (Å²) in [5.74, 6) is 0.669. The summed E-state index contributed by atoms with van der Waals surface area (Å²) >= 11 is 0. The van der Waals surface area contributed by atoms with Gasteiger partial charge in [-0.3, -0.25) is 9.78 Å². The molecule has 0 radical (unpaired) electrons. The maximum atomic E-state index is 13.1. The molecule has 1 atom stereocenters. The van der Waals surface area contributed by atoms with Crippen LogP contribution in [0.25, 0.3) is 11.5 Å². The van der Waals surface area contributed by atoms with Crippen molar-refractivity contribution >= 4 is 21.6 Å². The quantitative estimate of drug-likeness (QED) is 0.614. The van der Waals surface area contributed by atoms with Gasteiger partial charge in [0, 0.05) is 44.5 Å². The molecule has 3 heterocycles. The lowest BCUT2D eigenvalue weighted by atomic mass is 9.96. The molecule has 1 aliphatic rings. The van der Waals surface area contributed by atoms with Crippen LogP contribution < -0.4 is 5.32 Å². The van der Waals surface area contributed by atoms with Crippen molar-refractivity contribution in [1.29, 1.82) is 0 Å². The minimum absolute atomic E-state index is 0.0670. The van der Waals surface area contributed by atoms with Crippen molar-refractivity contribution < 1.29 is 17.7 Å². The molecule has 2 aromatic heterocycles. The van der Waals surface area contributed by atoms with Gasteiger partial charge in [-0.15, -0.1) is 0 Å². The van der Waals surface area contributed by atoms with Crippen LogP contribution in [0.5, 0.6) is 0 Å². The zero-order chi connectivity index (χ0) is 21.8. The second-order valence-corrected chi connectivity index (χ2v) is 9.32. The SMILES string of the molecule is CC(=O)Nc1ccc(S(=O)(=O)N2CCCC(Cc3nc(-c4cnccn4)no3)C2)cc1. The Morgan fingerprint density at radius 2 is 2.06 bits per heavy atom. The van der Waals surface area contributed by atoms with Crippen LogP contribution in [-0.2, 0) is 21.2 Å². The average molecular weight is 443 g/mol. The maximum absolute atomic E-state index is 13.1. The number of nitrogens with one attached hydrogen (secondary N) is 1. The fraction of sp³-hybridized carbons (Fsp3) is 0.350. The van der Waals surface area contributed by atoms with Gasteiger partial charge in [0.1, 0.15) is 5.69 Å². The van der Waals surface area contributed by atoms with E-state index in [-0.39, 0.29) is 16.7 Å². The molecule has 162 valence electrons. The van der Waals surface area contributed by atoms with Crippen LogP contribution in [0.15, 0.2) is 52.3 Å². The lowest BCUT2D eigenvalue weighted by Gasteiger charge is -2.31. The lowest BCUT2D eigenvalue weighted by molar-refractivity contribution is -0.114. The topological polar surface area (TPSA) is 131 Å². The van der Waals surface area contributed by atoms with Crippen molar-refractivity contribution in [3.63, 3.8) is 0 Å². The van der Waals surface area contributed by atoms with Gasteiger partial charge in [0.2, 0.25) is 27.6 Å². The summed E-state index contributed by atoms with van der Waals surface area (Å²) in [7, 11) is -3.63. The first-order chi connectivity index (χ1) is 14.9. The van der Waals surface area contributed by atoms with Crippen LogP contribution in [0.1, 0.15) is 25.7 Å². The molecule has 3 aromatic rings. The molecule has 10 nitrogen and oxygen atoms in total. The van der Waals surface area contributed by atoms with E-state index in [1.54, 1.807) is 30.7 Å². The van der Waals surface area contributed by atoms with E-state index in [4.69, 9.17) is 4.52 Å². The Morgan fingerprint density at radius 1 is 1.26 bits per heavy atom. The van der Waals surface area contributed by atoms with Crippen LogP contribution in [0.4, 0.5) is 5.69 Å². The second-order valence-electron chi connectivity index (χ2n) is 7.38. The lowest BCUT2D eigenvalue weighted by Crippen LogP contribution is -2.40. The third-order valence-corrected chi connectivity index (χ3v) is 6.90. The zero-order valence-corrected chi connectivity index (χ0v) is 17.7. The summed E-state index contributed by atoms with van der Waals surface area (Å²) in [6.07, 6.45) is 6.78. The average Bonchev–Trinajstić information content (AvgIpc) is 3.23. The van der Waals surface area contributed by atoms with Crippen LogP contribution >= 0.6 is 0 Å². The maximum Gasteiger partial charge on any atom is 0.243 e. The Hall–Kier alpha value is -3.18. The fourth-order valence-electron chi connectivity index (χ4n) is 3.58. The number of rotatable bonds is 6. The van der Waals surface area contributed by atoms with Gasteiger partial charge in [-0.2, -0.15) is 9.29 Å². The number of anilines is 1. The monoisotopic (exact) mass is 442 g/mol. The highest BCUT2D eigenvalue weighted by Crippen LogP contribution is 2.27. The molecule has 31 heavy (non-hydrogen) atoms. The van der Waals surface area contributed by atoms with E-state index in [1.807, 2.05) is 0 Å². The molecule has 11 heteroatoms. The molecule has 1 saturated heterocycles. The Kier molecular flexibility index (Phi) is 6.05. The molecule has 1 amide bonds. The standard InChI is InChI=1S/C20H22N6O4S/c1-14(27)23-16-4-6-17(7-5-16)31(28,29)26-10-2-3-15(13-26)11-19-24-20(25-30-19)18-12-21-8-9-22-18/h4-9,12,15H,2-3,10-11,13H2,1H3,(H,23,27). The highest BCUT2D eigenvalue weighted by atomic mass is 32.2. The van der Waals surface area contributed by atoms with E-state index < -0.39 is 10.0 Å².